The Hall–Kier alpha value is -1.97. The monoisotopic (exact) mass is 259 g/mol. The van der Waals surface area contributed by atoms with Gasteiger partial charge in [0, 0.05) is 23.4 Å². The Morgan fingerprint density at radius 1 is 1.21 bits per heavy atom. The molecule has 3 nitrogen and oxygen atoms in total. The van der Waals surface area contributed by atoms with Crippen LogP contribution < -0.4 is 5.32 Å². The summed E-state index contributed by atoms with van der Waals surface area (Å²) in [6.07, 6.45) is 0.873. The van der Waals surface area contributed by atoms with Crippen molar-refractivity contribution in [1.82, 2.24) is 9.97 Å². The number of aryl methyl sites for hydroxylation is 1. The van der Waals surface area contributed by atoms with E-state index in [1.807, 2.05) is 19.9 Å². The quantitative estimate of drug-likeness (QED) is 0.911. The Morgan fingerprint density at radius 2 is 2.00 bits per heavy atom. The van der Waals surface area contributed by atoms with Crippen LogP contribution >= 0.6 is 0 Å². The van der Waals surface area contributed by atoms with Crippen LogP contribution in [-0.2, 0) is 6.42 Å². The molecule has 0 spiro atoms. The van der Waals surface area contributed by atoms with Crippen molar-refractivity contribution in [3.8, 4) is 11.4 Å². The molecule has 0 bridgehead atoms. The molecule has 100 valence electrons. The van der Waals surface area contributed by atoms with Gasteiger partial charge in [-0.25, -0.2) is 14.4 Å². The van der Waals surface area contributed by atoms with Gasteiger partial charge in [-0.1, -0.05) is 19.1 Å². The molecule has 0 aliphatic heterocycles. The van der Waals surface area contributed by atoms with Gasteiger partial charge in [-0.3, -0.25) is 0 Å². The zero-order chi connectivity index (χ0) is 13.8. The summed E-state index contributed by atoms with van der Waals surface area (Å²) in [7, 11) is 0. The maximum Gasteiger partial charge on any atom is 0.161 e. The van der Waals surface area contributed by atoms with E-state index < -0.39 is 0 Å². The van der Waals surface area contributed by atoms with E-state index in [0.717, 1.165) is 30.0 Å². The summed E-state index contributed by atoms with van der Waals surface area (Å²) in [6, 6.07) is 6.36. The molecule has 1 N–H and O–H groups in total. The van der Waals surface area contributed by atoms with Crippen LogP contribution in [0.5, 0.6) is 0 Å². The molecule has 2 rings (SSSR count). The number of halogens is 1. The minimum atomic E-state index is -0.275. The van der Waals surface area contributed by atoms with Crippen molar-refractivity contribution in [2.45, 2.75) is 27.2 Å². The fourth-order valence-corrected chi connectivity index (χ4v) is 2.09. The van der Waals surface area contributed by atoms with E-state index in [4.69, 9.17) is 0 Å². The molecule has 0 fully saturated rings. The van der Waals surface area contributed by atoms with Crippen molar-refractivity contribution in [1.29, 1.82) is 0 Å². The van der Waals surface area contributed by atoms with Crippen LogP contribution in [-0.4, -0.2) is 16.5 Å². The fourth-order valence-electron chi connectivity index (χ4n) is 2.09. The van der Waals surface area contributed by atoms with Gasteiger partial charge in [0.25, 0.3) is 0 Å². The second kappa shape index (κ2) is 5.78. The Bertz CT molecular complexity index is 582. The molecule has 0 atom stereocenters. The molecule has 0 aliphatic rings. The highest BCUT2D eigenvalue weighted by Gasteiger charge is 2.11. The standard InChI is InChI=1S/C15H18FN3/c1-4-13-10(3)18-14(19-15(13)17-5-2)11-7-6-8-12(16)9-11/h6-9H,4-5H2,1-3H3,(H,17,18,19). The van der Waals surface area contributed by atoms with Crippen LogP contribution in [0.2, 0.25) is 0 Å². The molecule has 0 saturated carbocycles. The molecule has 1 aromatic heterocycles. The van der Waals surface area contributed by atoms with Crippen molar-refractivity contribution >= 4 is 5.82 Å². The van der Waals surface area contributed by atoms with E-state index in [0.29, 0.717) is 11.4 Å². The summed E-state index contributed by atoms with van der Waals surface area (Å²) >= 11 is 0. The molecular weight excluding hydrogens is 241 g/mol. The number of nitrogens with one attached hydrogen (secondary N) is 1. The zero-order valence-corrected chi connectivity index (χ0v) is 11.5. The largest absolute Gasteiger partial charge is 0.370 e. The summed E-state index contributed by atoms with van der Waals surface area (Å²) in [5.74, 6) is 1.13. The van der Waals surface area contributed by atoms with E-state index in [9.17, 15) is 4.39 Å². The van der Waals surface area contributed by atoms with Crippen molar-refractivity contribution in [2.24, 2.45) is 0 Å². The lowest BCUT2D eigenvalue weighted by molar-refractivity contribution is 0.628. The molecule has 19 heavy (non-hydrogen) atoms. The van der Waals surface area contributed by atoms with Crippen molar-refractivity contribution < 1.29 is 4.39 Å². The van der Waals surface area contributed by atoms with E-state index in [1.54, 1.807) is 6.07 Å². The minimum absolute atomic E-state index is 0.275. The summed E-state index contributed by atoms with van der Waals surface area (Å²) in [6.45, 7) is 6.86. The van der Waals surface area contributed by atoms with Crippen LogP contribution in [0.15, 0.2) is 24.3 Å². The maximum absolute atomic E-state index is 13.3. The fraction of sp³-hybridized carbons (Fsp3) is 0.333. The van der Waals surface area contributed by atoms with Gasteiger partial charge in [-0.2, -0.15) is 0 Å². The van der Waals surface area contributed by atoms with E-state index in [-0.39, 0.29) is 5.82 Å². The third kappa shape index (κ3) is 2.89. The SMILES string of the molecule is CCNc1nc(-c2cccc(F)c2)nc(C)c1CC. The molecule has 0 radical (unpaired) electrons. The van der Waals surface area contributed by atoms with E-state index in [2.05, 4.69) is 22.2 Å². The van der Waals surface area contributed by atoms with Gasteiger partial charge in [0.2, 0.25) is 0 Å². The molecular formula is C15H18FN3. The molecule has 0 amide bonds. The molecule has 4 heteroatoms. The van der Waals surface area contributed by atoms with E-state index >= 15 is 0 Å². The number of hydrogen-bond donors (Lipinski definition) is 1. The molecule has 1 heterocycles. The van der Waals surface area contributed by atoms with Crippen molar-refractivity contribution in [3.05, 3.63) is 41.3 Å². The number of aromatic nitrogens is 2. The second-order valence-electron chi connectivity index (χ2n) is 4.35. The first kappa shape index (κ1) is 13.5. The Labute approximate surface area is 112 Å². The van der Waals surface area contributed by atoms with Crippen LogP contribution in [0.3, 0.4) is 0 Å². The third-order valence-corrected chi connectivity index (χ3v) is 2.99. The van der Waals surface area contributed by atoms with Crippen LogP contribution in [0.25, 0.3) is 11.4 Å². The molecule has 0 unspecified atom stereocenters. The van der Waals surface area contributed by atoms with Gasteiger partial charge in [0.05, 0.1) is 0 Å². The van der Waals surface area contributed by atoms with Gasteiger partial charge in [0.15, 0.2) is 5.82 Å². The van der Waals surface area contributed by atoms with Gasteiger partial charge in [-0.15, -0.1) is 0 Å². The van der Waals surface area contributed by atoms with Gasteiger partial charge in [-0.05, 0) is 32.4 Å². The minimum Gasteiger partial charge on any atom is -0.370 e. The summed E-state index contributed by atoms with van der Waals surface area (Å²) < 4.78 is 13.3. The Balaban J connectivity index is 2.53. The lowest BCUT2D eigenvalue weighted by Crippen LogP contribution is -2.08. The van der Waals surface area contributed by atoms with Crippen LogP contribution in [0, 0.1) is 12.7 Å². The highest BCUT2D eigenvalue weighted by molar-refractivity contribution is 5.59. The van der Waals surface area contributed by atoms with Gasteiger partial charge >= 0.3 is 0 Å². The second-order valence-corrected chi connectivity index (χ2v) is 4.35. The smallest absolute Gasteiger partial charge is 0.161 e. The zero-order valence-electron chi connectivity index (χ0n) is 11.5. The van der Waals surface area contributed by atoms with Gasteiger partial charge < -0.3 is 5.32 Å². The average Bonchev–Trinajstić information content (AvgIpc) is 2.39. The predicted molar refractivity (Wildman–Crippen MR) is 75.7 cm³/mol. The number of rotatable bonds is 4. The number of anilines is 1. The van der Waals surface area contributed by atoms with Gasteiger partial charge in [0.1, 0.15) is 11.6 Å². The Kier molecular flexibility index (Phi) is 4.10. The van der Waals surface area contributed by atoms with Crippen molar-refractivity contribution in [3.63, 3.8) is 0 Å². The third-order valence-electron chi connectivity index (χ3n) is 2.99. The van der Waals surface area contributed by atoms with E-state index in [1.165, 1.54) is 12.1 Å². The summed E-state index contributed by atoms with van der Waals surface area (Å²) in [4.78, 5) is 9.00. The molecule has 0 aliphatic carbocycles. The number of nitrogens with zero attached hydrogens (tertiary/aromatic N) is 2. The van der Waals surface area contributed by atoms with Crippen molar-refractivity contribution in [2.75, 3.05) is 11.9 Å². The highest BCUT2D eigenvalue weighted by atomic mass is 19.1. The molecule has 2 aromatic rings. The first-order valence-corrected chi connectivity index (χ1v) is 6.53. The topological polar surface area (TPSA) is 37.8 Å². The first-order valence-electron chi connectivity index (χ1n) is 6.53. The normalized spacial score (nSPS) is 10.5. The maximum atomic E-state index is 13.3. The summed E-state index contributed by atoms with van der Waals surface area (Å²) in [5, 5.41) is 3.25. The Morgan fingerprint density at radius 3 is 2.63 bits per heavy atom. The van der Waals surface area contributed by atoms with Crippen LogP contribution in [0.1, 0.15) is 25.1 Å². The summed E-state index contributed by atoms with van der Waals surface area (Å²) in [5.41, 5.74) is 2.75. The molecule has 0 saturated heterocycles. The van der Waals surface area contributed by atoms with Crippen LogP contribution in [0.4, 0.5) is 10.2 Å². The average molecular weight is 259 g/mol. The first-order chi connectivity index (χ1) is 9.15. The lowest BCUT2D eigenvalue weighted by Gasteiger charge is -2.12. The lowest BCUT2D eigenvalue weighted by atomic mass is 10.1. The predicted octanol–water partition coefficient (Wildman–Crippen LogP) is 3.59. The highest BCUT2D eigenvalue weighted by Crippen LogP contribution is 2.23. The number of hydrogen-bond acceptors (Lipinski definition) is 3. The number of benzene rings is 1. The molecule has 1 aromatic carbocycles.